The van der Waals surface area contributed by atoms with E-state index < -0.39 is 0 Å². The highest BCUT2D eigenvalue weighted by Gasteiger charge is 2.12. The highest BCUT2D eigenvalue weighted by Crippen LogP contribution is 2.21. The summed E-state index contributed by atoms with van der Waals surface area (Å²) in [5, 5.41) is 16.8. The zero-order valence-corrected chi connectivity index (χ0v) is 7.47. The minimum Gasteiger partial charge on any atom is -0.368 e. The van der Waals surface area contributed by atoms with E-state index in [2.05, 4.69) is 35.6 Å². The number of nitrogen functional groups attached to an aromatic ring is 1. The summed E-state index contributed by atoms with van der Waals surface area (Å²) >= 11 is 0. The molecule has 74 valence electrons. The van der Waals surface area contributed by atoms with Gasteiger partial charge in [-0.25, -0.2) is 10.1 Å². The molecular formula is C7H6N8. The first kappa shape index (κ1) is 7.85. The SMILES string of the molecule is Nc1nc(-c2ccn[nH]2)c2nn[nH]c2n1. The number of H-pyrrole nitrogens is 2. The Kier molecular flexibility index (Phi) is 1.43. The summed E-state index contributed by atoms with van der Waals surface area (Å²) in [7, 11) is 0. The fourth-order valence-corrected chi connectivity index (χ4v) is 1.34. The van der Waals surface area contributed by atoms with Gasteiger partial charge < -0.3 is 5.73 Å². The first-order valence-electron chi connectivity index (χ1n) is 4.18. The highest BCUT2D eigenvalue weighted by molar-refractivity contribution is 5.85. The van der Waals surface area contributed by atoms with Crippen LogP contribution in [0.4, 0.5) is 5.95 Å². The molecule has 0 bridgehead atoms. The third-order valence-corrected chi connectivity index (χ3v) is 1.96. The van der Waals surface area contributed by atoms with Crippen molar-refractivity contribution in [1.82, 2.24) is 35.6 Å². The van der Waals surface area contributed by atoms with Gasteiger partial charge in [0.05, 0.1) is 5.69 Å². The minimum absolute atomic E-state index is 0.165. The lowest BCUT2D eigenvalue weighted by molar-refractivity contribution is 0.954. The largest absolute Gasteiger partial charge is 0.368 e. The van der Waals surface area contributed by atoms with E-state index in [9.17, 15) is 0 Å². The summed E-state index contributed by atoms with van der Waals surface area (Å²) < 4.78 is 0. The molecule has 0 atom stereocenters. The Morgan fingerprint density at radius 2 is 2.13 bits per heavy atom. The molecule has 0 saturated heterocycles. The molecule has 3 aromatic rings. The predicted molar refractivity (Wildman–Crippen MR) is 51.5 cm³/mol. The summed E-state index contributed by atoms with van der Waals surface area (Å²) in [6.07, 6.45) is 1.62. The Labute approximate surface area is 82.9 Å². The Balaban J connectivity index is 2.38. The van der Waals surface area contributed by atoms with Gasteiger partial charge in [-0.3, -0.25) is 5.10 Å². The maximum atomic E-state index is 5.56. The molecule has 8 nitrogen and oxygen atoms in total. The quantitative estimate of drug-likeness (QED) is 0.498. The molecule has 0 saturated carbocycles. The Bertz CT molecular complexity index is 595. The summed E-state index contributed by atoms with van der Waals surface area (Å²) in [5.74, 6) is 0.165. The van der Waals surface area contributed by atoms with E-state index >= 15 is 0 Å². The highest BCUT2D eigenvalue weighted by atomic mass is 15.3. The van der Waals surface area contributed by atoms with E-state index in [1.807, 2.05) is 0 Å². The summed E-state index contributed by atoms with van der Waals surface area (Å²) in [5.41, 5.74) is 7.94. The number of nitrogens with one attached hydrogen (secondary N) is 2. The van der Waals surface area contributed by atoms with Crippen LogP contribution in [0.25, 0.3) is 22.6 Å². The van der Waals surface area contributed by atoms with Gasteiger partial charge in [-0.05, 0) is 6.07 Å². The second-order valence-corrected chi connectivity index (χ2v) is 2.91. The lowest BCUT2D eigenvalue weighted by Gasteiger charge is -1.98. The average molecular weight is 202 g/mol. The molecule has 8 heteroatoms. The second-order valence-electron chi connectivity index (χ2n) is 2.91. The maximum Gasteiger partial charge on any atom is 0.222 e. The number of hydrogen-bond donors (Lipinski definition) is 3. The fraction of sp³-hybridized carbons (Fsp3) is 0. The van der Waals surface area contributed by atoms with Gasteiger partial charge in [0.2, 0.25) is 5.95 Å². The zero-order chi connectivity index (χ0) is 10.3. The van der Waals surface area contributed by atoms with Crippen molar-refractivity contribution in [3.8, 4) is 11.4 Å². The van der Waals surface area contributed by atoms with E-state index in [-0.39, 0.29) is 5.95 Å². The average Bonchev–Trinajstić information content (AvgIpc) is 2.86. The number of nitrogens with two attached hydrogens (primary N) is 1. The smallest absolute Gasteiger partial charge is 0.222 e. The molecule has 0 radical (unpaired) electrons. The van der Waals surface area contributed by atoms with Crippen LogP contribution in [0.2, 0.25) is 0 Å². The van der Waals surface area contributed by atoms with Crippen molar-refractivity contribution in [2.45, 2.75) is 0 Å². The fourth-order valence-electron chi connectivity index (χ4n) is 1.34. The number of aromatic nitrogens is 7. The number of aromatic amines is 2. The van der Waals surface area contributed by atoms with E-state index in [0.717, 1.165) is 5.69 Å². The lowest BCUT2D eigenvalue weighted by atomic mass is 10.3. The van der Waals surface area contributed by atoms with Crippen LogP contribution in [0.5, 0.6) is 0 Å². The van der Waals surface area contributed by atoms with E-state index in [4.69, 9.17) is 5.73 Å². The minimum atomic E-state index is 0.165. The van der Waals surface area contributed by atoms with Crippen molar-refractivity contribution in [2.24, 2.45) is 0 Å². The topological polar surface area (TPSA) is 122 Å². The second kappa shape index (κ2) is 2.74. The number of nitrogens with zero attached hydrogens (tertiary/aromatic N) is 5. The van der Waals surface area contributed by atoms with Crippen LogP contribution in [0, 0.1) is 0 Å². The Hall–Kier alpha value is -2.51. The van der Waals surface area contributed by atoms with Gasteiger partial charge in [0, 0.05) is 6.20 Å². The Morgan fingerprint density at radius 1 is 1.20 bits per heavy atom. The monoisotopic (exact) mass is 202 g/mol. The molecule has 0 amide bonds. The molecule has 0 aliphatic heterocycles. The van der Waals surface area contributed by atoms with Crippen LogP contribution in [-0.4, -0.2) is 35.6 Å². The molecule has 3 aromatic heterocycles. The van der Waals surface area contributed by atoms with Crippen molar-refractivity contribution in [1.29, 1.82) is 0 Å². The molecule has 0 aliphatic rings. The van der Waals surface area contributed by atoms with Crippen LogP contribution < -0.4 is 5.73 Å². The molecule has 0 spiro atoms. The van der Waals surface area contributed by atoms with Crippen LogP contribution in [0.3, 0.4) is 0 Å². The number of anilines is 1. The van der Waals surface area contributed by atoms with Crippen LogP contribution in [0.15, 0.2) is 12.3 Å². The van der Waals surface area contributed by atoms with Crippen molar-refractivity contribution in [2.75, 3.05) is 5.73 Å². The zero-order valence-electron chi connectivity index (χ0n) is 7.47. The molecule has 0 fully saturated rings. The van der Waals surface area contributed by atoms with Crippen molar-refractivity contribution in [3.05, 3.63) is 12.3 Å². The van der Waals surface area contributed by atoms with Gasteiger partial charge in [0.25, 0.3) is 0 Å². The summed E-state index contributed by atoms with van der Waals surface area (Å²) in [6.45, 7) is 0. The molecule has 4 N–H and O–H groups in total. The van der Waals surface area contributed by atoms with Gasteiger partial charge >= 0.3 is 0 Å². The van der Waals surface area contributed by atoms with Crippen molar-refractivity contribution >= 4 is 17.1 Å². The van der Waals surface area contributed by atoms with E-state index in [1.165, 1.54) is 0 Å². The third kappa shape index (κ3) is 1.11. The van der Waals surface area contributed by atoms with Crippen LogP contribution in [0.1, 0.15) is 0 Å². The lowest BCUT2D eigenvalue weighted by Crippen LogP contribution is -1.98. The maximum absolute atomic E-state index is 5.56. The van der Waals surface area contributed by atoms with E-state index in [0.29, 0.717) is 16.9 Å². The first-order valence-corrected chi connectivity index (χ1v) is 4.18. The molecule has 15 heavy (non-hydrogen) atoms. The third-order valence-electron chi connectivity index (χ3n) is 1.96. The number of hydrogen-bond acceptors (Lipinski definition) is 6. The molecular weight excluding hydrogens is 196 g/mol. The van der Waals surface area contributed by atoms with Gasteiger partial charge in [-0.2, -0.15) is 10.1 Å². The molecule has 0 unspecified atom stereocenters. The molecule has 3 rings (SSSR count). The summed E-state index contributed by atoms with van der Waals surface area (Å²) in [4.78, 5) is 8.05. The molecule has 0 aliphatic carbocycles. The van der Waals surface area contributed by atoms with Crippen molar-refractivity contribution in [3.63, 3.8) is 0 Å². The van der Waals surface area contributed by atoms with Crippen LogP contribution in [-0.2, 0) is 0 Å². The van der Waals surface area contributed by atoms with Gasteiger partial charge in [-0.15, -0.1) is 5.10 Å². The van der Waals surface area contributed by atoms with Crippen molar-refractivity contribution < 1.29 is 0 Å². The van der Waals surface area contributed by atoms with Crippen LogP contribution >= 0.6 is 0 Å². The predicted octanol–water partition coefficient (Wildman–Crippen LogP) is -0.280. The Morgan fingerprint density at radius 3 is 2.93 bits per heavy atom. The van der Waals surface area contributed by atoms with Gasteiger partial charge in [0.1, 0.15) is 5.69 Å². The molecule has 0 aromatic carbocycles. The normalized spacial score (nSPS) is 10.9. The summed E-state index contributed by atoms with van der Waals surface area (Å²) in [6, 6.07) is 1.77. The first-order chi connectivity index (χ1) is 7.34. The number of fused-ring (bicyclic) bond motifs is 1. The van der Waals surface area contributed by atoms with Gasteiger partial charge in [-0.1, -0.05) is 5.21 Å². The van der Waals surface area contributed by atoms with E-state index in [1.54, 1.807) is 12.3 Å². The number of rotatable bonds is 1. The standard InChI is InChI=1S/C7H6N8/c8-7-10-4(3-1-2-9-12-3)5-6(11-7)14-15-13-5/h1-2H,(H,9,12)(H3,8,10,11,13,14,15). The van der Waals surface area contributed by atoms with Gasteiger partial charge in [0.15, 0.2) is 11.2 Å². The molecule has 3 heterocycles.